The molecule has 2 aliphatic rings. The summed E-state index contributed by atoms with van der Waals surface area (Å²) in [4.78, 5) is 15.7. The Bertz CT molecular complexity index is 1170. The van der Waals surface area contributed by atoms with Gasteiger partial charge in [-0.25, -0.2) is 15.0 Å². The van der Waals surface area contributed by atoms with Crippen LogP contribution < -0.4 is 5.32 Å². The van der Waals surface area contributed by atoms with Gasteiger partial charge in [0.25, 0.3) is 0 Å². The molecule has 0 bridgehead atoms. The summed E-state index contributed by atoms with van der Waals surface area (Å²) in [5, 5.41) is 16.0. The minimum Gasteiger partial charge on any atom is -0.381 e. The van der Waals surface area contributed by atoms with Crippen LogP contribution in [0.2, 0.25) is 0 Å². The maximum Gasteiger partial charge on any atom is 0.191 e. The second-order valence-corrected chi connectivity index (χ2v) is 8.88. The van der Waals surface area contributed by atoms with Gasteiger partial charge in [0.05, 0.1) is 29.8 Å². The molecule has 9 nitrogen and oxygen atoms in total. The number of rotatable bonds is 4. The van der Waals surface area contributed by atoms with Crippen LogP contribution in [0.4, 0.5) is 11.5 Å². The maximum absolute atomic E-state index is 5.46. The van der Waals surface area contributed by atoms with Crippen molar-refractivity contribution >= 4 is 33.9 Å². The monoisotopic (exact) mass is 422 g/mol. The molecule has 4 aromatic heterocycles. The van der Waals surface area contributed by atoms with Gasteiger partial charge in [0, 0.05) is 24.3 Å². The summed E-state index contributed by atoms with van der Waals surface area (Å²) < 4.78 is 7.48. The molecule has 4 aromatic rings. The number of aromatic nitrogens is 7. The van der Waals surface area contributed by atoms with Crippen molar-refractivity contribution in [1.29, 1.82) is 0 Å². The largest absolute Gasteiger partial charge is 0.381 e. The maximum atomic E-state index is 5.46. The van der Waals surface area contributed by atoms with Crippen molar-refractivity contribution in [2.75, 3.05) is 18.5 Å². The van der Waals surface area contributed by atoms with Crippen molar-refractivity contribution in [1.82, 2.24) is 34.9 Å². The van der Waals surface area contributed by atoms with Crippen molar-refractivity contribution < 1.29 is 4.74 Å². The quantitative estimate of drug-likeness (QED) is 0.517. The molecule has 1 fully saturated rings. The molecule has 0 aromatic carbocycles. The van der Waals surface area contributed by atoms with Crippen molar-refractivity contribution in [3.05, 3.63) is 29.2 Å². The molecule has 1 aliphatic heterocycles. The van der Waals surface area contributed by atoms with E-state index in [1.54, 1.807) is 17.5 Å². The zero-order valence-electron chi connectivity index (χ0n) is 16.5. The van der Waals surface area contributed by atoms with E-state index in [1.165, 1.54) is 23.4 Å². The Morgan fingerprint density at radius 3 is 2.90 bits per heavy atom. The summed E-state index contributed by atoms with van der Waals surface area (Å²) in [5.74, 6) is 1.33. The molecule has 10 heteroatoms. The average molecular weight is 423 g/mol. The Balaban J connectivity index is 1.33. The lowest BCUT2D eigenvalue weighted by Crippen LogP contribution is -2.19. The van der Waals surface area contributed by atoms with Crippen LogP contribution in [-0.2, 0) is 17.6 Å². The third-order valence-electron chi connectivity index (χ3n) is 5.77. The molecule has 0 saturated carbocycles. The van der Waals surface area contributed by atoms with E-state index in [0.717, 1.165) is 60.6 Å². The number of aromatic amines is 1. The van der Waals surface area contributed by atoms with Gasteiger partial charge in [-0.15, -0.1) is 11.3 Å². The first-order valence-electron chi connectivity index (χ1n) is 10.4. The highest BCUT2D eigenvalue weighted by Gasteiger charge is 2.20. The summed E-state index contributed by atoms with van der Waals surface area (Å²) in [5.41, 5.74) is 3.65. The van der Waals surface area contributed by atoms with Crippen LogP contribution >= 0.6 is 11.3 Å². The molecule has 0 radical (unpaired) electrons. The molecule has 1 aliphatic carbocycles. The van der Waals surface area contributed by atoms with Gasteiger partial charge >= 0.3 is 0 Å². The number of fused-ring (bicyclic) bond motifs is 2. The van der Waals surface area contributed by atoms with E-state index in [0.29, 0.717) is 17.7 Å². The number of hydrogen-bond acceptors (Lipinski definition) is 8. The Morgan fingerprint density at radius 2 is 2.00 bits per heavy atom. The van der Waals surface area contributed by atoms with Gasteiger partial charge in [-0.1, -0.05) is 0 Å². The van der Waals surface area contributed by atoms with Crippen LogP contribution in [0.25, 0.3) is 21.9 Å². The number of thiazole rings is 1. The molecule has 0 unspecified atom stereocenters. The van der Waals surface area contributed by atoms with E-state index in [2.05, 4.69) is 20.6 Å². The Kier molecular flexibility index (Phi) is 4.45. The summed E-state index contributed by atoms with van der Waals surface area (Å²) in [6.07, 6.45) is 12.2. The fourth-order valence-electron chi connectivity index (χ4n) is 4.16. The smallest absolute Gasteiger partial charge is 0.191 e. The van der Waals surface area contributed by atoms with Crippen LogP contribution in [0.5, 0.6) is 0 Å². The van der Waals surface area contributed by atoms with Crippen molar-refractivity contribution in [3.8, 4) is 10.8 Å². The third-order valence-corrected chi connectivity index (χ3v) is 6.92. The van der Waals surface area contributed by atoms with Gasteiger partial charge in [0.1, 0.15) is 11.0 Å². The molecule has 0 amide bonds. The summed E-state index contributed by atoms with van der Waals surface area (Å²) in [6, 6.07) is 0.379. The van der Waals surface area contributed by atoms with Crippen molar-refractivity contribution in [3.63, 3.8) is 0 Å². The molecular weight excluding hydrogens is 400 g/mol. The van der Waals surface area contributed by atoms with E-state index >= 15 is 0 Å². The number of aryl methyl sites for hydroxylation is 2. The molecule has 154 valence electrons. The predicted molar refractivity (Wildman–Crippen MR) is 114 cm³/mol. The third kappa shape index (κ3) is 3.25. The molecule has 0 atom stereocenters. The van der Waals surface area contributed by atoms with Gasteiger partial charge in [-0.2, -0.15) is 10.2 Å². The second kappa shape index (κ2) is 7.44. The highest BCUT2D eigenvalue weighted by Crippen LogP contribution is 2.33. The SMILES string of the molecule is c1nn(C2CCOCC2)cc1Nc1nc(-c2nc3c(s2)CCCC3)nc2cn[nH]c12. The normalized spacial score (nSPS) is 17.3. The first-order chi connectivity index (χ1) is 14.8. The summed E-state index contributed by atoms with van der Waals surface area (Å²) in [6.45, 7) is 1.57. The predicted octanol–water partition coefficient (Wildman–Crippen LogP) is 3.65. The van der Waals surface area contributed by atoms with E-state index in [1.807, 2.05) is 17.1 Å². The Hall–Kier alpha value is -2.85. The minimum atomic E-state index is 0.379. The number of nitrogens with one attached hydrogen (secondary N) is 2. The fourth-order valence-corrected chi connectivity index (χ4v) is 5.25. The first-order valence-corrected chi connectivity index (χ1v) is 11.2. The van der Waals surface area contributed by atoms with Crippen LogP contribution in [0.15, 0.2) is 18.6 Å². The van der Waals surface area contributed by atoms with Gasteiger partial charge in [0.15, 0.2) is 16.6 Å². The minimum absolute atomic E-state index is 0.379. The number of hydrogen-bond donors (Lipinski definition) is 2. The molecule has 2 N–H and O–H groups in total. The Morgan fingerprint density at radius 1 is 1.10 bits per heavy atom. The van der Waals surface area contributed by atoms with E-state index < -0.39 is 0 Å². The number of H-pyrrole nitrogens is 1. The summed E-state index contributed by atoms with van der Waals surface area (Å²) >= 11 is 1.71. The van der Waals surface area contributed by atoms with Crippen LogP contribution in [0.3, 0.4) is 0 Å². The highest BCUT2D eigenvalue weighted by atomic mass is 32.1. The lowest BCUT2D eigenvalue weighted by atomic mass is 10.0. The second-order valence-electron chi connectivity index (χ2n) is 7.80. The fraction of sp³-hybridized carbons (Fsp3) is 0.450. The highest BCUT2D eigenvalue weighted by molar-refractivity contribution is 7.15. The lowest BCUT2D eigenvalue weighted by Gasteiger charge is -2.22. The van der Waals surface area contributed by atoms with Gasteiger partial charge < -0.3 is 10.1 Å². The average Bonchev–Trinajstić information content (AvgIpc) is 3.53. The van der Waals surface area contributed by atoms with Crippen LogP contribution in [-0.4, -0.2) is 48.1 Å². The van der Waals surface area contributed by atoms with Crippen LogP contribution in [0.1, 0.15) is 42.3 Å². The molecule has 1 saturated heterocycles. The van der Waals surface area contributed by atoms with Crippen molar-refractivity contribution in [2.45, 2.75) is 44.6 Å². The zero-order valence-corrected chi connectivity index (χ0v) is 17.3. The van der Waals surface area contributed by atoms with Gasteiger partial charge in [-0.05, 0) is 38.5 Å². The molecule has 0 spiro atoms. The molecule has 6 rings (SSSR count). The van der Waals surface area contributed by atoms with Crippen LogP contribution in [0, 0.1) is 0 Å². The zero-order chi connectivity index (χ0) is 19.9. The number of ether oxygens (including phenoxy) is 1. The van der Waals surface area contributed by atoms with Crippen molar-refractivity contribution in [2.24, 2.45) is 0 Å². The standard InChI is InChI=1S/C20H22N8OS/c1-2-4-16-14(3-1)25-20(30-16)19-24-15-10-21-27-17(15)18(26-19)23-12-9-22-28(11-12)13-5-7-29-8-6-13/h9-11,13H,1-8H2,(H,21,27)(H,23,24,26). The number of anilines is 2. The molecule has 30 heavy (non-hydrogen) atoms. The van der Waals surface area contributed by atoms with E-state index in [-0.39, 0.29) is 0 Å². The van der Waals surface area contributed by atoms with Gasteiger partial charge in [-0.3, -0.25) is 9.78 Å². The molecule has 5 heterocycles. The van der Waals surface area contributed by atoms with E-state index in [4.69, 9.17) is 19.7 Å². The summed E-state index contributed by atoms with van der Waals surface area (Å²) in [7, 11) is 0. The topological polar surface area (TPSA) is 106 Å². The first kappa shape index (κ1) is 18.0. The van der Waals surface area contributed by atoms with E-state index in [9.17, 15) is 0 Å². The Labute approximate surface area is 176 Å². The molecular formula is C20H22N8OS. The number of nitrogens with zero attached hydrogens (tertiary/aromatic N) is 6. The van der Waals surface area contributed by atoms with Gasteiger partial charge in [0.2, 0.25) is 0 Å². The lowest BCUT2D eigenvalue weighted by molar-refractivity contribution is 0.0662.